The molecule has 1 fully saturated rings. The number of aryl methyl sites for hydroxylation is 1. The molecule has 190 valence electrons. The van der Waals surface area contributed by atoms with Crippen LogP contribution < -0.4 is 26.8 Å². The highest BCUT2D eigenvalue weighted by Crippen LogP contribution is 2.31. The topological polar surface area (TPSA) is 121 Å². The van der Waals surface area contributed by atoms with Gasteiger partial charge >= 0.3 is 5.69 Å². The number of hydrogen-bond donors (Lipinski definition) is 2. The summed E-state index contributed by atoms with van der Waals surface area (Å²) >= 11 is 0. The van der Waals surface area contributed by atoms with E-state index in [1.165, 1.54) is 9.47 Å². The van der Waals surface area contributed by atoms with Gasteiger partial charge in [-0.3, -0.25) is 23.9 Å². The van der Waals surface area contributed by atoms with E-state index in [0.717, 1.165) is 36.1 Å². The lowest BCUT2D eigenvalue weighted by molar-refractivity contribution is -0.124. The van der Waals surface area contributed by atoms with E-state index >= 15 is 0 Å². The number of nitrogens with two attached hydrogens (primary N) is 1. The molecule has 0 bridgehead atoms. The Morgan fingerprint density at radius 3 is 2.51 bits per heavy atom. The molecule has 0 saturated carbocycles. The molecular weight excluding hydrogens is 446 g/mol. The SMILES string of the molecule is CCCCCN(C(=O)C1CC(=O)N(c2cccc(C)c2C)C1)c1c(N)n(CCCC)c(=O)[nH]c1=O. The molecule has 2 heterocycles. The number of nitrogen functional groups attached to an aromatic ring is 1. The molecule has 2 amide bonds. The number of aromatic nitrogens is 2. The Morgan fingerprint density at radius 2 is 1.83 bits per heavy atom. The Morgan fingerprint density at radius 1 is 1.11 bits per heavy atom. The van der Waals surface area contributed by atoms with Crippen molar-refractivity contribution in [3.63, 3.8) is 0 Å². The lowest BCUT2D eigenvalue weighted by Crippen LogP contribution is -2.44. The standard InChI is InChI=1S/C26H37N5O4/c1-5-7-9-14-29(22-23(27)30(13-8-6-2)26(35)28-24(22)33)25(34)19-15-21(32)31(16-19)20-12-10-11-17(3)18(20)4/h10-12,19H,5-9,13-16,27H2,1-4H3,(H,28,33,35). The second-order valence-corrected chi connectivity index (χ2v) is 9.32. The van der Waals surface area contributed by atoms with Crippen LogP contribution in [0.5, 0.6) is 0 Å². The number of carbonyl (C=O) groups excluding carboxylic acids is 2. The summed E-state index contributed by atoms with van der Waals surface area (Å²) in [7, 11) is 0. The van der Waals surface area contributed by atoms with Gasteiger partial charge in [-0.15, -0.1) is 0 Å². The van der Waals surface area contributed by atoms with Gasteiger partial charge in [-0.25, -0.2) is 4.79 Å². The molecule has 3 N–H and O–H groups in total. The van der Waals surface area contributed by atoms with E-state index in [0.29, 0.717) is 25.9 Å². The fourth-order valence-corrected chi connectivity index (χ4v) is 4.58. The summed E-state index contributed by atoms with van der Waals surface area (Å²) in [6.45, 7) is 8.87. The number of nitrogens with one attached hydrogen (secondary N) is 1. The maximum absolute atomic E-state index is 13.8. The highest BCUT2D eigenvalue weighted by atomic mass is 16.2. The molecule has 9 nitrogen and oxygen atoms in total. The zero-order valence-corrected chi connectivity index (χ0v) is 21.2. The first-order valence-electron chi connectivity index (χ1n) is 12.5. The van der Waals surface area contributed by atoms with E-state index in [1.54, 1.807) is 4.90 Å². The van der Waals surface area contributed by atoms with E-state index in [-0.39, 0.29) is 36.3 Å². The van der Waals surface area contributed by atoms with Gasteiger partial charge in [0.2, 0.25) is 11.8 Å². The van der Waals surface area contributed by atoms with Gasteiger partial charge in [-0.05, 0) is 43.9 Å². The molecule has 1 saturated heterocycles. The summed E-state index contributed by atoms with van der Waals surface area (Å²) in [5.74, 6) is -1.06. The minimum Gasteiger partial charge on any atom is -0.383 e. The number of carbonyl (C=O) groups is 2. The zero-order chi connectivity index (χ0) is 25.7. The number of rotatable bonds is 10. The Bertz CT molecular complexity index is 1200. The molecule has 1 unspecified atom stereocenters. The van der Waals surface area contributed by atoms with Crippen molar-refractivity contribution in [3.8, 4) is 0 Å². The van der Waals surface area contributed by atoms with Gasteiger partial charge in [0, 0.05) is 31.7 Å². The van der Waals surface area contributed by atoms with E-state index in [9.17, 15) is 19.2 Å². The van der Waals surface area contributed by atoms with Crippen molar-refractivity contribution in [2.24, 2.45) is 5.92 Å². The summed E-state index contributed by atoms with van der Waals surface area (Å²) in [5, 5.41) is 0. The van der Waals surface area contributed by atoms with Crippen molar-refractivity contribution < 1.29 is 9.59 Å². The van der Waals surface area contributed by atoms with Crippen LogP contribution in [0.25, 0.3) is 0 Å². The average Bonchev–Trinajstić information content (AvgIpc) is 3.20. The third kappa shape index (κ3) is 5.49. The Kier molecular flexibility index (Phi) is 8.53. The van der Waals surface area contributed by atoms with Crippen LogP contribution in [0.4, 0.5) is 17.2 Å². The molecule has 2 aromatic rings. The monoisotopic (exact) mass is 483 g/mol. The van der Waals surface area contributed by atoms with Crippen molar-refractivity contribution in [3.05, 3.63) is 50.2 Å². The van der Waals surface area contributed by atoms with Gasteiger partial charge in [-0.2, -0.15) is 0 Å². The Labute approximate surface area is 205 Å². The fraction of sp³-hybridized carbons (Fsp3) is 0.538. The molecule has 1 aromatic heterocycles. The number of benzene rings is 1. The highest BCUT2D eigenvalue weighted by Gasteiger charge is 2.39. The first kappa shape index (κ1) is 26.2. The normalized spacial score (nSPS) is 15.6. The van der Waals surface area contributed by atoms with Crippen molar-refractivity contribution in [1.29, 1.82) is 0 Å². The van der Waals surface area contributed by atoms with Gasteiger partial charge in [0.05, 0.1) is 5.92 Å². The summed E-state index contributed by atoms with van der Waals surface area (Å²) in [4.78, 5) is 57.4. The predicted octanol–water partition coefficient (Wildman–Crippen LogP) is 3.11. The number of anilines is 3. The van der Waals surface area contributed by atoms with E-state index in [2.05, 4.69) is 11.9 Å². The maximum Gasteiger partial charge on any atom is 0.330 e. The summed E-state index contributed by atoms with van der Waals surface area (Å²) in [6.07, 6.45) is 4.10. The second-order valence-electron chi connectivity index (χ2n) is 9.32. The predicted molar refractivity (Wildman–Crippen MR) is 139 cm³/mol. The fourth-order valence-electron chi connectivity index (χ4n) is 4.58. The second kappa shape index (κ2) is 11.4. The van der Waals surface area contributed by atoms with Crippen LogP contribution in [-0.4, -0.2) is 34.5 Å². The number of nitrogens with zero attached hydrogens (tertiary/aromatic N) is 3. The van der Waals surface area contributed by atoms with Crippen molar-refractivity contribution in [2.75, 3.05) is 28.6 Å². The molecule has 1 atom stereocenters. The van der Waals surface area contributed by atoms with Crippen LogP contribution in [-0.2, 0) is 16.1 Å². The molecule has 0 aliphatic carbocycles. The van der Waals surface area contributed by atoms with Crippen LogP contribution >= 0.6 is 0 Å². The maximum atomic E-state index is 13.8. The molecular formula is C26H37N5O4. The Hall–Kier alpha value is -3.36. The summed E-state index contributed by atoms with van der Waals surface area (Å²) in [6, 6.07) is 5.77. The number of H-pyrrole nitrogens is 1. The van der Waals surface area contributed by atoms with Crippen molar-refractivity contribution in [1.82, 2.24) is 9.55 Å². The van der Waals surface area contributed by atoms with E-state index < -0.39 is 17.2 Å². The van der Waals surface area contributed by atoms with Crippen LogP contribution in [0, 0.1) is 19.8 Å². The molecule has 35 heavy (non-hydrogen) atoms. The van der Waals surface area contributed by atoms with Crippen LogP contribution in [0.2, 0.25) is 0 Å². The first-order valence-corrected chi connectivity index (χ1v) is 12.5. The van der Waals surface area contributed by atoms with Gasteiger partial charge < -0.3 is 15.5 Å². The number of amides is 2. The van der Waals surface area contributed by atoms with Gasteiger partial charge in [0.15, 0.2) is 5.69 Å². The molecule has 1 aromatic carbocycles. The van der Waals surface area contributed by atoms with Crippen molar-refractivity contribution in [2.45, 2.75) is 72.8 Å². The van der Waals surface area contributed by atoms with Crippen LogP contribution in [0.1, 0.15) is 63.5 Å². The van der Waals surface area contributed by atoms with E-state index in [1.807, 2.05) is 39.0 Å². The van der Waals surface area contributed by atoms with Gasteiger partial charge in [0.25, 0.3) is 5.56 Å². The zero-order valence-electron chi connectivity index (χ0n) is 21.2. The minimum atomic E-state index is -0.680. The first-order chi connectivity index (χ1) is 16.7. The third-order valence-electron chi connectivity index (χ3n) is 6.81. The number of hydrogen-bond acceptors (Lipinski definition) is 5. The van der Waals surface area contributed by atoms with Crippen LogP contribution in [0.15, 0.2) is 27.8 Å². The minimum absolute atomic E-state index is 0.000517. The summed E-state index contributed by atoms with van der Waals surface area (Å²) < 4.78 is 1.32. The quantitative estimate of drug-likeness (QED) is 0.503. The van der Waals surface area contributed by atoms with Crippen molar-refractivity contribution >= 4 is 29.0 Å². The molecule has 0 radical (unpaired) electrons. The highest BCUT2D eigenvalue weighted by molar-refractivity contribution is 6.05. The number of aromatic amines is 1. The molecule has 9 heteroatoms. The molecule has 1 aliphatic heterocycles. The molecule has 0 spiro atoms. The smallest absolute Gasteiger partial charge is 0.330 e. The number of unbranched alkanes of at least 4 members (excludes halogenated alkanes) is 3. The Balaban J connectivity index is 1.97. The molecule has 1 aliphatic rings. The largest absolute Gasteiger partial charge is 0.383 e. The van der Waals surface area contributed by atoms with Gasteiger partial charge in [-0.1, -0.05) is 45.2 Å². The summed E-state index contributed by atoms with van der Waals surface area (Å²) in [5.41, 5.74) is 7.93. The lowest BCUT2D eigenvalue weighted by atomic mass is 10.1. The van der Waals surface area contributed by atoms with Gasteiger partial charge in [0.1, 0.15) is 5.82 Å². The third-order valence-corrected chi connectivity index (χ3v) is 6.81. The lowest BCUT2D eigenvalue weighted by Gasteiger charge is -2.27. The average molecular weight is 484 g/mol. The molecule has 3 rings (SSSR count). The van der Waals surface area contributed by atoms with Crippen LogP contribution in [0.3, 0.4) is 0 Å². The van der Waals surface area contributed by atoms with E-state index in [4.69, 9.17) is 5.73 Å².